The maximum Gasteiger partial charge on any atom is 0.260 e. The fourth-order valence-corrected chi connectivity index (χ4v) is 1.89. The maximum absolute atomic E-state index is 12.0. The predicted molar refractivity (Wildman–Crippen MR) is 82.1 cm³/mol. The minimum absolute atomic E-state index is 0.179. The average Bonchev–Trinajstić information content (AvgIpc) is 2.44. The van der Waals surface area contributed by atoms with Gasteiger partial charge in [-0.05, 0) is 38.0 Å². The van der Waals surface area contributed by atoms with Crippen LogP contribution >= 0.6 is 11.6 Å². The van der Waals surface area contributed by atoms with Crippen molar-refractivity contribution in [2.24, 2.45) is 5.73 Å². The Balaban J connectivity index is 2.51. The molecule has 0 fully saturated rings. The van der Waals surface area contributed by atoms with Gasteiger partial charge in [-0.3, -0.25) is 4.79 Å². The third kappa shape index (κ3) is 5.02. The Morgan fingerprint density at radius 1 is 1.45 bits per heavy atom. The van der Waals surface area contributed by atoms with Crippen LogP contribution in [0, 0.1) is 0 Å². The molecule has 1 atom stereocenters. The van der Waals surface area contributed by atoms with Crippen LogP contribution in [0.4, 0.5) is 0 Å². The van der Waals surface area contributed by atoms with Crippen molar-refractivity contribution in [2.75, 3.05) is 6.54 Å². The first-order chi connectivity index (χ1) is 9.40. The Morgan fingerprint density at radius 3 is 2.65 bits per heavy atom. The molecule has 0 aliphatic heterocycles. The summed E-state index contributed by atoms with van der Waals surface area (Å²) in [6.45, 7) is 6.18. The van der Waals surface area contributed by atoms with E-state index in [1.54, 1.807) is 31.2 Å². The molecule has 0 radical (unpaired) electrons. The zero-order valence-corrected chi connectivity index (χ0v) is 13.0. The zero-order valence-electron chi connectivity index (χ0n) is 12.3. The number of carbonyl (C=O) groups is 1. The van der Waals surface area contributed by atoms with Gasteiger partial charge in [0.2, 0.25) is 0 Å². The van der Waals surface area contributed by atoms with Gasteiger partial charge in [-0.15, -0.1) is 0 Å². The zero-order chi connectivity index (χ0) is 15.2. The summed E-state index contributed by atoms with van der Waals surface area (Å²) in [7, 11) is 0. The van der Waals surface area contributed by atoms with Crippen molar-refractivity contribution in [3.8, 4) is 5.75 Å². The van der Waals surface area contributed by atoms with Gasteiger partial charge in [-0.2, -0.15) is 0 Å². The van der Waals surface area contributed by atoms with E-state index in [2.05, 4.69) is 5.32 Å². The first kappa shape index (κ1) is 16.8. The van der Waals surface area contributed by atoms with E-state index in [-0.39, 0.29) is 11.4 Å². The first-order valence-electron chi connectivity index (χ1n) is 6.89. The molecule has 1 rings (SSSR count). The van der Waals surface area contributed by atoms with Gasteiger partial charge in [0, 0.05) is 17.1 Å². The minimum atomic E-state index is -0.591. The summed E-state index contributed by atoms with van der Waals surface area (Å²) in [5.41, 5.74) is 5.79. The predicted octanol–water partition coefficient (Wildman–Crippen LogP) is 2.74. The van der Waals surface area contributed by atoms with Crippen LogP contribution in [0.3, 0.4) is 0 Å². The minimum Gasteiger partial charge on any atom is -0.481 e. The molecule has 0 aliphatic carbocycles. The van der Waals surface area contributed by atoms with Crippen LogP contribution in [0.25, 0.3) is 0 Å². The third-order valence-electron chi connectivity index (χ3n) is 3.50. The van der Waals surface area contributed by atoms with Crippen LogP contribution in [0.5, 0.6) is 5.75 Å². The second-order valence-electron chi connectivity index (χ2n) is 5.00. The summed E-state index contributed by atoms with van der Waals surface area (Å²) in [5.74, 6) is 0.395. The first-order valence-corrected chi connectivity index (χ1v) is 7.27. The molecule has 0 aliphatic rings. The smallest absolute Gasteiger partial charge is 0.260 e. The SMILES string of the molecule is CCC(N)(CC)CNC(=O)C(C)Oc1cccc(Cl)c1. The standard InChI is InChI=1S/C15H23ClN2O2/c1-4-15(17,5-2)10-18-14(19)11(3)20-13-8-6-7-12(16)9-13/h6-9,11H,4-5,10,17H2,1-3H3,(H,18,19). The molecule has 4 nitrogen and oxygen atoms in total. The van der Waals surface area contributed by atoms with Gasteiger partial charge in [0.25, 0.3) is 5.91 Å². The number of hydrogen-bond donors (Lipinski definition) is 2. The average molecular weight is 299 g/mol. The van der Waals surface area contributed by atoms with E-state index in [9.17, 15) is 4.79 Å². The molecule has 0 saturated heterocycles. The lowest BCUT2D eigenvalue weighted by Crippen LogP contribution is -2.51. The van der Waals surface area contributed by atoms with E-state index in [1.165, 1.54) is 0 Å². The van der Waals surface area contributed by atoms with E-state index in [4.69, 9.17) is 22.1 Å². The van der Waals surface area contributed by atoms with Crippen LogP contribution in [0.15, 0.2) is 24.3 Å². The molecule has 0 heterocycles. The van der Waals surface area contributed by atoms with Gasteiger partial charge in [-0.1, -0.05) is 31.5 Å². The quantitative estimate of drug-likeness (QED) is 0.813. The Labute approximate surface area is 125 Å². The molecule has 1 amide bonds. The summed E-state index contributed by atoms with van der Waals surface area (Å²) < 4.78 is 5.55. The van der Waals surface area contributed by atoms with Crippen molar-refractivity contribution in [1.82, 2.24) is 5.32 Å². The second-order valence-corrected chi connectivity index (χ2v) is 5.44. The number of carbonyl (C=O) groups excluding carboxylic acids is 1. The van der Waals surface area contributed by atoms with Crippen LogP contribution in [0.2, 0.25) is 5.02 Å². The lowest BCUT2D eigenvalue weighted by molar-refractivity contribution is -0.127. The van der Waals surface area contributed by atoms with Crippen molar-refractivity contribution in [3.05, 3.63) is 29.3 Å². The molecule has 0 spiro atoms. The van der Waals surface area contributed by atoms with Crippen LogP contribution in [-0.4, -0.2) is 24.1 Å². The number of nitrogens with two attached hydrogens (primary N) is 1. The molecular weight excluding hydrogens is 276 g/mol. The number of rotatable bonds is 7. The molecule has 0 bridgehead atoms. The van der Waals surface area contributed by atoms with E-state index < -0.39 is 6.10 Å². The summed E-state index contributed by atoms with van der Waals surface area (Å²) in [4.78, 5) is 12.0. The largest absolute Gasteiger partial charge is 0.481 e. The second kappa shape index (κ2) is 7.50. The molecule has 5 heteroatoms. The summed E-state index contributed by atoms with van der Waals surface area (Å²) in [5, 5.41) is 3.41. The normalized spacial score (nSPS) is 12.8. The van der Waals surface area contributed by atoms with Gasteiger partial charge in [0.15, 0.2) is 6.10 Å². The van der Waals surface area contributed by atoms with E-state index in [0.717, 1.165) is 12.8 Å². The number of hydrogen-bond acceptors (Lipinski definition) is 3. The molecule has 112 valence electrons. The van der Waals surface area contributed by atoms with Crippen molar-refractivity contribution in [3.63, 3.8) is 0 Å². The number of amides is 1. The molecule has 20 heavy (non-hydrogen) atoms. The van der Waals surface area contributed by atoms with Crippen molar-refractivity contribution < 1.29 is 9.53 Å². The van der Waals surface area contributed by atoms with Crippen LogP contribution in [-0.2, 0) is 4.79 Å². The van der Waals surface area contributed by atoms with Crippen molar-refractivity contribution in [1.29, 1.82) is 0 Å². The lowest BCUT2D eigenvalue weighted by Gasteiger charge is -2.27. The van der Waals surface area contributed by atoms with Gasteiger partial charge in [-0.25, -0.2) is 0 Å². The van der Waals surface area contributed by atoms with Crippen LogP contribution in [0.1, 0.15) is 33.6 Å². The van der Waals surface area contributed by atoms with Crippen LogP contribution < -0.4 is 15.8 Å². The molecule has 1 aromatic carbocycles. The molecule has 1 aromatic rings. The summed E-state index contributed by atoms with van der Waals surface area (Å²) in [6.07, 6.45) is 1.03. The van der Waals surface area contributed by atoms with Gasteiger partial charge < -0.3 is 15.8 Å². The van der Waals surface area contributed by atoms with E-state index in [0.29, 0.717) is 17.3 Å². The molecule has 0 saturated carbocycles. The molecule has 3 N–H and O–H groups in total. The maximum atomic E-state index is 12.0. The lowest BCUT2D eigenvalue weighted by atomic mass is 9.94. The highest BCUT2D eigenvalue weighted by Crippen LogP contribution is 2.18. The Morgan fingerprint density at radius 2 is 2.10 bits per heavy atom. The van der Waals surface area contributed by atoms with E-state index in [1.807, 2.05) is 13.8 Å². The number of nitrogens with one attached hydrogen (secondary N) is 1. The topological polar surface area (TPSA) is 64.3 Å². The number of benzene rings is 1. The highest BCUT2D eigenvalue weighted by Gasteiger charge is 2.23. The number of halogens is 1. The fraction of sp³-hybridized carbons (Fsp3) is 0.533. The summed E-state index contributed by atoms with van der Waals surface area (Å²) >= 11 is 5.87. The molecule has 1 unspecified atom stereocenters. The Kier molecular flexibility index (Phi) is 6.30. The Hall–Kier alpha value is -1.26. The van der Waals surface area contributed by atoms with Gasteiger partial charge >= 0.3 is 0 Å². The van der Waals surface area contributed by atoms with Crippen molar-refractivity contribution in [2.45, 2.75) is 45.3 Å². The summed E-state index contributed by atoms with van der Waals surface area (Å²) in [6, 6.07) is 6.98. The monoisotopic (exact) mass is 298 g/mol. The van der Waals surface area contributed by atoms with Gasteiger partial charge in [0.05, 0.1) is 0 Å². The Bertz CT molecular complexity index is 447. The number of ether oxygens (including phenoxy) is 1. The van der Waals surface area contributed by atoms with E-state index >= 15 is 0 Å². The molecule has 0 aromatic heterocycles. The highest BCUT2D eigenvalue weighted by molar-refractivity contribution is 6.30. The molecular formula is C15H23ClN2O2. The highest BCUT2D eigenvalue weighted by atomic mass is 35.5. The third-order valence-corrected chi connectivity index (χ3v) is 3.74. The van der Waals surface area contributed by atoms with Crippen molar-refractivity contribution >= 4 is 17.5 Å². The van der Waals surface area contributed by atoms with Gasteiger partial charge in [0.1, 0.15) is 5.75 Å². The fourth-order valence-electron chi connectivity index (χ4n) is 1.70.